The summed E-state index contributed by atoms with van der Waals surface area (Å²) in [7, 11) is 0. The molecule has 3 unspecified atom stereocenters. The highest BCUT2D eigenvalue weighted by Gasteiger charge is 2.47. The monoisotopic (exact) mass is 376 g/mol. The number of carbonyl (C=O) groups is 3. The highest BCUT2D eigenvalue weighted by atomic mass is 16.7. The molecule has 6 atom stereocenters. The Labute approximate surface area is 147 Å². The SMILES string of the molecule is CC1=C(O[C@@H]2OC(COC(=O)CC(=O)O)[C@@H](O)[C@@H](O)C2O)C(=O)C(C)O1. The number of carboxylic acids is 1. The Morgan fingerprint density at radius 2 is 1.81 bits per heavy atom. The summed E-state index contributed by atoms with van der Waals surface area (Å²) in [6, 6.07) is 0. The second-order valence-electron chi connectivity index (χ2n) is 5.90. The van der Waals surface area contributed by atoms with Gasteiger partial charge in [-0.1, -0.05) is 0 Å². The number of ketones is 1. The molecule has 0 radical (unpaired) electrons. The molecule has 2 heterocycles. The Kier molecular flexibility index (Phi) is 6.18. The Hall–Kier alpha value is -2.21. The van der Waals surface area contributed by atoms with Gasteiger partial charge in [-0.05, 0) is 13.8 Å². The molecule has 0 aromatic heterocycles. The summed E-state index contributed by atoms with van der Waals surface area (Å²) in [5, 5.41) is 38.4. The summed E-state index contributed by atoms with van der Waals surface area (Å²) in [6.45, 7) is 2.39. The number of Topliss-reactive ketones (excluding diaryl/α,β-unsaturated/α-hetero) is 1. The first-order valence-electron chi connectivity index (χ1n) is 7.77. The number of carboxylic acid groups (broad SMARTS) is 1. The van der Waals surface area contributed by atoms with Crippen molar-refractivity contribution < 1.29 is 53.8 Å². The van der Waals surface area contributed by atoms with Crippen molar-refractivity contribution in [1.29, 1.82) is 0 Å². The van der Waals surface area contributed by atoms with E-state index in [0.29, 0.717) is 0 Å². The second-order valence-corrected chi connectivity index (χ2v) is 5.90. The minimum Gasteiger partial charge on any atom is -0.483 e. The molecule has 1 saturated heterocycles. The van der Waals surface area contributed by atoms with E-state index in [4.69, 9.17) is 19.3 Å². The molecular formula is C15H20O11. The quantitative estimate of drug-likeness (QED) is 0.300. The Balaban J connectivity index is 2.03. The van der Waals surface area contributed by atoms with Crippen molar-refractivity contribution in [3.63, 3.8) is 0 Å². The van der Waals surface area contributed by atoms with Crippen molar-refractivity contribution in [3.05, 3.63) is 11.5 Å². The average Bonchev–Trinajstić information content (AvgIpc) is 2.79. The molecule has 2 rings (SSSR count). The smallest absolute Gasteiger partial charge is 0.317 e. The Bertz CT molecular complexity index is 613. The summed E-state index contributed by atoms with van der Waals surface area (Å²) in [4.78, 5) is 33.7. The number of hydrogen-bond acceptors (Lipinski definition) is 10. The highest BCUT2D eigenvalue weighted by molar-refractivity contribution is 5.99. The molecule has 11 nitrogen and oxygen atoms in total. The lowest BCUT2D eigenvalue weighted by Crippen LogP contribution is -2.59. The number of hydrogen-bond donors (Lipinski definition) is 4. The van der Waals surface area contributed by atoms with Gasteiger partial charge in [0.25, 0.3) is 0 Å². The fraction of sp³-hybridized carbons (Fsp3) is 0.667. The zero-order valence-electron chi connectivity index (χ0n) is 14.0. The van der Waals surface area contributed by atoms with Crippen LogP contribution in [0.2, 0.25) is 0 Å². The molecule has 0 amide bonds. The van der Waals surface area contributed by atoms with Crippen LogP contribution < -0.4 is 0 Å². The summed E-state index contributed by atoms with van der Waals surface area (Å²) < 4.78 is 20.4. The van der Waals surface area contributed by atoms with Gasteiger partial charge in [-0.2, -0.15) is 0 Å². The summed E-state index contributed by atoms with van der Waals surface area (Å²) >= 11 is 0. The van der Waals surface area contributed by atoms with Crippen molar-refractivity contribution in [2.45, 2.75) is 57.1 Å². The third kappa shape index (κ3) is 4.30. The van der Waals surface area contributed by atoms with E-state index in [9.17, 15) is 29.7 Å². The van der Waals surface area contributed by atoms with Gasteiger partial charge in [0.1, 0.15) is 43.2 Å². The number of aliphatic hydroxyl groups is 3. The number of allylic oxidation sites excluding steroid dienone is 1. The van der Waals surface area contributed by atoms with Crippen LogP contribution in [0.15, 0.2) is 11.5 Å². The first kappa shape index (κ1) is 20.1. The molecule has 2 aliphatic heterocycles. The van der Waals surface area contributed by atoms with Gasteiger partial charge in [0.05, 0.1) is 0 Å². The number of esters is 1. The molecular weight excluding hydrogens is 356 g/mol. The van der Waals surface area contributed by atoms with Crippen LogP contribution in [0.25, 0.3) is 0 Å². The van der Waals surface area contributed by atoms with E-state index >= 15 is 0 Å². The van der Waals surface area contributed by atoms with Crippen molar-refractivity contribution in [1.82, 2.24) is 0 Å². The maximum atomic E-state index is 12.0. The number of ether oxygens (including phenoxy) is 4. The Morgan fingerprint density at radius 1 is 1.15 bits per heavy atom. The second kappa shape index (κ2) is 7.99. The molecule has 0 aromatic rings. The number of aliphatic hydroxyl groups excluding tert-OH is 3. The molecule has 11 heteroatoms. The van der Waals surface area contributed by atoms with Crippen LogP contribution in [-0.4, -0.2) is 81.6 Å². The minimum absolute atomic E-state index is 0.170. The highest BCUT2D eigenvalue weighted by Crippen LogP contribution is 2.29. The molecule has 26 heavy (non-hydrogen) atoms. The van der Waals surface area contributed by atoms with Gasteiger partial charge >= 0.3 is 11.9 Å². The molecule has 0 aromatic carbocycles. The van der Waals surface area contributed by atoms with Crippen molar-refractivity contribution in [3.8, 4) is 0 Å². The van der Waals surface area contributed by atoms with Crippen LogP contribution in [0, 0.1) is 0 Å². The van der Waals surface area contributed by atoms with E-state index in [1.807, 2.05) is 0 Å². The molecule has 0 saturated carbocycles. The van der Waals surface area contributed by atoms with Gasteiger partial charge < -0.3 is 39.4 Å². The van der Waals surface area contributed by atoms with Gasteiger partial charge in [-0.3, -0.25) is 14.4 Å². The molecule has 1 fully saturated rings. The van der Waals surface area contributed by atoms with Crippen LogP contribution >= 0.6 is 0 Å². The van der Waals surface area contributed by atoms with Gasteiger partial charge in [0.2, 0.25) is 17.8 Å². The maximum absolute atomic E-state index is 12.0. The largest absolute Gasteiger partial charge is 0.483 e. The topological polar surface area (TPSA) is 169 Å². The van der Waals surface area contributed by atoms with E-state index in [2.05, 4.69) is 4.74 Å². The predicted octanol–water partition coefficient (Wildman–Crippen LogP) is -1.95. The Morgan fingerprint density at radius 3 is 2.35 bits per heavy atom. The van der Waals surface area contributed by atoms with Gasteiger partial charge in [-0.25, -0.2) is 0 Å². The third-order valence-corrected chi connectivity index (χ3v) is 3.87. The number of carbonyl (C=O) groups excluding carboxylic acids is 2. The van der Waals surface area contributed by atoms with Crippen molar-refractivity contribution >= 4 is 17.7 Å². The normalized spacial score (nSPS) is 34.4. The zero-order chi connectivity index (χ0) is 19.6. The maximum Gasteiger partial charge on any atom is 0.317 e. The molecule has 4 N–H and O–H groups in total. The van der Waals surface area contributed by atoms with Crippen molar-refractivity contribution in [2.24, 2.45) is 0 Å². The van der Waals surface area contributed by atoms with E-state index in [-0.39, 0.29) is 11.5 Å². The summed E-state index contributed by atoms with van der Waals surface area (Å²) in [5.41, 5.74) is 0. The number of rotatable bonds is 6. The van der Waals surface area contributed by atoms with Crippen LogP contribution in [0.4, 0.5) is 0 Å². The summed E-state index contributed by atoms with van der Waals surface area (Å²) in [6.07, 6.45) is -9.55. The summed E-state index contributed by atoms with van der Waals surface area (Å²) in [5.74, 6) is -2.97. The molecule has 146 valence electrons. The van der Waals surface area contributed by atoms with Crippen molar-refractivity contribution in [2.75, 3.05) is 6.61 Å². The van der Waals surface area contributed by atoms with E-state index < -0.39 is 67.6 Å². The minimum atomic E-state index is -1.72. The first-order valence-corrected chi connectivity index (χ1v) is 7.77. The molecule has 0 bridgehead atoms. The average molecular weight is 376 g/mol. The lowest BCUT2D eigenvalue weighted by molar-refractivity contribution is -0.291. The third-order valence-electron chi connectivity index (χ3n) is 3.87. The lowest BCUT2D eigenvalue weighted by atomic mass is 9.99. The van der Waals surface area contributed by atoms with Gasteiger partial charge in [0.15, 0.2) is 6.10 Å². The predicted molar refractivity (Wildman–Crippen MR) is 79.2 cm³/mol. The van der Waals surface area contributed by atoms with Gasteiger partial charge in [-0.15, -0.1) is 0 Å². The fourth-order valence-corrected chi connectivity index (χ4v) is 2.49. The standard InChI is InChI=1S/C15H20O11/c1-5-10(19)14(6(2)24-5)26-15-13(22)12(21)11(20)7(25-15)4-23-9(18)3-8(16)17/h5,7,11-13,15,20-22H,3-4H2,1-2H3,(H,16,17)/t5?,7?,11-,12-,13?,15+/m1/s1. The zero-order valence-corrected chi connectivity index (χ0v) is 14.0. The van der Waals surface area contributed by atoms with Crippen LogP contribution in [-0.2, 0) is 33.3 Å². The number of aliphatic carboxylic acids is 1. The van der Waals surface area contributed by atoms with Crippen LogP contribution in [0.5, 0.6) is 0 Å². The van der Waals surface area contributed by atoms with Gasteiger partial charge in [0, 0.05) is 0 Å². The van der Waals surface area contributed by atoms with Crippen LogP contribution in [0.3, 0.4) is 0 Å². The lowest BCUT2D eigenvalue weighted by Gasteiger charge is -2.39. The first-order chi connectivity index (χ1) is 12.1. The van der Waals surface area contributed by atoms with Crippen LogP contribution in [0.1, 0.15) is 20.3 Å². The molecule has 2 aliphatic rings. The molecule has 0 spiro atoms. The van der Waals surface area contributed by atoms with E-state index in [0.717, 1.165) is 0 Å². The van der Waals surface area contributed by atoms with E-state index in [1.54, 1.807) is 0 Å². The van der Waals surface area contributed by atoms with E-state index in [1.165, 1.54) is 13.8 Å². The fourth-order valence-electron chi connectivity index (χ4n) is 2.49. The molecule has 0 aliphatic carbocycles.